The largest absolute Gasteiger partial charge is 0.494 e. The molecule has 3 aromatic carbocycles. The summed E-state index contributed by atoms with van der Waals surface area (Å²) in [5.41, 5.74) is 4.16. The lowest BCUT2D eigenvalue weighted by Crippen LogP contribution is -2.31. The lowest BCUT2D eigenvalue weighted by Gasteiger charge is -2.28. The Morgan fingerprint density at radius 3 is 2.32 bits per heavy atom. The molecule has 0 atom stereocenters. The van der Waals surface area contributed by atoms with Crippen molar-refractivity contribution in [3.05, 3.63) is 83.2 Å². The summed E-state index contributed by atoms with van der Waals surface area (Å²) in [6, 6.07) is 18.7. The van der Waals surface area contributed by atoms with Crippen LogP contribution in [0, 0.1) is 12.7 Å². The van der Waals surface area contributed by atoms with Crippen LogP contribution < -0.4 is 9.47 Å². The van der Waals surface area contributed by atoms with Gasteiger partial charge in [-0.25, -0.2) is 9.18 Å². The van der Waals surface area contributed by atoms with Crippen LogP contribution in [-0.2, 0) is 27.3 Å². The van der Waals surface area contributed by atoms with Crippen molar-refractivity contribution in [3.8, 4) is 22.6 Å². The van der Waals surface area contributed by atoms with Gasteiger partial charge >= 0.3 is 5.97 Å². The fourth-order valence-electron chi connectivity index (χ4n) is 3.75. The van der Waals surface area contributed by atoms with Gasteiger partial charge in [0.25, 0.3) is 0 Å². The number of halogens is 1. The molecule has 5 nitrogen and oxygen atoms in total. The van der Waals surface area contributed by atoms with Gasteiger partial charge in [0.15, 0.2) is 11.6 Å². The SMILES string of the molecule is COC(=O)COC(C)(C)Cc1c(C)ccc(OCc2ccc(OC)c(F)c2)c1-c1ccccc1. The first-order valence-electron chi connectivity index (χ1n) is 11.1. The second kappa shape index (κ2) is 11.2. The zero-order chi connectivity index (χ0) is 24.7. The summed E-state index contributed by atoms with van der Waals surface area (Å²) in [5.74, 6) is 0.0326. The fraction of sp³-hybridized carbons (Fsp3) is 0.321. The predicted octanol–water partition coefficient (Wildman–Crippen LogP) is 5.90. The van der Waals surface area contributed by atoms with E-state index in [1.807, 2.05) is 63.2 Å². The highest BCUT2D eigenvalue weighted by molar-refractivity contribution is 5.75. The van der Waals surface area contributed by atoms with Crippen LogP contribution in [-0.4, -0.2) is 32.4 Å². The Morgan fingerprint density at radius 1 is 0.971 bits per heavy atom. The van der Waals surface area contributed by atoms with Gasteiger partial charge in [-0.05, 0) is 61.2 Å². The zero-order valence-electron chi connectivity index (χ0n) is 20.3. The molecule has 0 aromatic heterocycles. The van der Waals surface area contributed by atoms with E-state index >= 15 is 0 Å². The molecule has 0 bridgehead atoms. The van der Waals surface area contributed by atoms with Gasteiger partial charge in [0.2, 0.25) is 0 Å². The van der Waals surface area contributed by atoms with Crippen LogP contribution in [0.15, 0.2) is 60.7 Å². The Labute approximate surface area is 200 Å². The minimum absolute atomic E-state index is 0.123. The molecule has 3 aromatic rings. The number of hydrogen-bond acceptors (Lipinski definition) is 5. The van der Waals surface area contributed by atoms with Crippen molar-refractivity contribution in [2.75, 3.05) is 20.8 Å². The zero-order valence-corrected chi connectivity index (χ0v) is 20.3. The van der Waals surface area contributed by atoms with Crippen molar-refractivity contribution >= 4 is 5.97 Å². The Morgan fingerprint density at radius 2 is 1.68 bits per heavy atom. The maximum Gasteiger partial charge on any atom is 0.331 e. The van der Waals surface area contributed by atoms with Crippen LogP contribution in [0.2, 0.25) is 0 Å². The molecule has 0 unspecified atom stereocenters. The summed E-state index contributed by atoms with van der Waals surface area (Å²) in [4.78, 5) is 11.6. The highest BCUT2D eigenvalue weighted by Crippen LogP contribution is 2.38. The van der Waals surface area contributed by atoms with Crippen LogP contribution in [0.4, 0.5) is 4.39 Å². The van der Waals surface area contributed by atoms with Crippen molar-refractivity contribution in [2.24, 2.45) is 0 Å². The van der Waals surface area contributed by atoms with Gasteiger partial charge in [-0.3, -0.25) is 0 Å². The first kappa shape index (κ1) is 25.2. The average molecular weight is 467 g/mol. The topological polar surface area (TPSA) is 54.0 Å². The number of methoxy groups -OCH3 is 2. The summed E-state index contributed by atoms with van der Waals surface area (Å²) in [5, 5.41) is 0. The van der Waals surface area contributed by atoms with Gasteiger partial charge in [0.1, 0.15) is 19.0 Å². The Balaban J connectivity index is 1.95. The number of esters is 1. The number of benzene rings is 3. The van der Waals surface area contributed by atoms with Gasteiger partial charge in [0.05, 0.1) is 19.8 Å². The maximum atomic E-state index is 14.2. The Kier molecular flexibility index (Phi) is 8.29. The van der Waals surface area contributed by atoms with E-state index in [1.54, 1.807) is 12.1 Å². The van der Waals surface area contributed by atoms with Crippen molar-refractivity contribution in [1.29, 1.82) is 0 Å². The summed E-state index contributed by atoms with van der Waals surface area (Å²) >= 11 is 0. The Hall–Kier alpha value is -3.38. The summed E-state index contributed by atoms with van der Waals surface area (Å²) < 4.78 is 35.9. The maximum absolute atomic E-state index is 14.2. The van der Waals surface area contributed by atoms with Gasteiger partial charge in [0, 0.05) is 12.0 Å². The standard InChI is InChI=1S/C28H31FO5/c1-19-11-13-25(33-17-20-12-14-24(31-4)23(29)15-20)27(21-9-7-6-8-10-21)22(19)16-28(2,3)34-18-26(30)32-5/h6-15H,16-18H2,1-5H3. The molecule has 0 saturated carbocycles. The minimum atomic E-state index is -0.625. The molecular formula is C28H31FO5. The number of carbonyl (C=O) groups excluding carboxylic acids is 1. The van der Waals surface area contributed by atoms with Crippen molar-refractivity contribution < 1.29 is 28.1 Å². The van der Waals surface area contributed by atoms with E-state index in [0.717, 1.165) is 22.3 Å². The van der Waals surface area contributed by atoms with Crippen molar-refractivity contribution in [3.63, 3.8) is 0 Å². The lowest BCUT2D eigenvalue weighted by molar-refractivity contribution is -0.151. The van der Waals surface area contributed by atoms with Crippen LogP contribution in [0.1, 0.15) is 30.5 Å². The van der Waals surface area contributed by atoms with Crippen LogP contribution in [0.5, 0.6) is 11.5 Å². The molecule has 0 N–H and O–H groups in total. The third kappa shape index (κ3) is 6.35. The Bertz CT molecular complexity index is 1130. The van der Waals surface area contributed by atoms with E-state index < -0.39 is 17.4 Å². The van der Waals surface area contributed by atoms with Gasteiger partial charge in [-0.2, -0.15) is 0 Å². The number of ether oxygens (including phenoxy) is 4. The highest BCUT2D eigenvalue weighted by atomic mass is 19.1. The highest BCUT2D eigenvalue weighted by Gasteiger charge is 2.25. The minimum Gasteiger partial charge on any atom is -0.494 e. The molecular weight excluding hydrogens is 435 g/mol. The van der Waals surface area contributed by atoms with Crippen LogP contribution in [0.25, 0.3) is 11.1 Å². The third-order valence-corrected chi connectivity index (χ3v) is 5.59. The first-order valence-corrected chi connectivity index (χ1v) is 11.1. The van der Waals surface area contributed by atoms with E-state index in [0.29, 0.717) is 17.7 Å². The van der Waals surface area contributed by atoms with Crippen LogP contribution in [0.3, 0.4) is 0 Å². The van der Waals surface area contributed by atoms with E-state index in [1.165, 1.54) is 20.3 Å². The van der Waals surface area contributed by atoms with Gasteiger partial charge in [-0.1, -0.05) is 42.5 Å². The van der Waals surface area contributed by atoms with E-state index in [4.69, 9.17) is 18.9 Å². The molecule has 0 radical (unpaired) electrons. The third-order valence-electron chi connectivity index (χ3n) is 5.59. The smallest absolute Gasteiger partial charge is 0.331 e. The summed E-state index contributed by atoms with van der Waals surface area (Å²) in [7, 11) is 2.77. The fourth-order valence-corrected chi connectivity index (χ4v) is 3.75. The number of hydrogen-bond donors (Lipinski definition) is 0. The van der Waals surface area contributed by atoms with Crippen molar-refractivity contribution in [1.82, 2.24) is 0 Å². The molecule has 0 heterocycles. The quantitative estimate of drug-likeness (QED) is 0.348. The monoisotopic (exact) mass is 466 g/mol. The second-order valence-corrected chi connectivity index (χ2v) is 8.66. The molecule has 0 fully saturated rings. The van der Waals surface area contributed by atoms with Gasteiger partial charge < -0.3 is 18.9 Å². The molecule has 180 valence electrons. The predicted molar refractivity (Wildman–Crippen MR) is 130 cm³/mol. The molecule has 34 heavy (non-hydrogen) atoms. The molecule has 0 spiro atoms. The number of aryl methyl sites for hydroxylation is 1. The molecule has 3 rings (SSSR count). The van der Waals surface area contributed by atoms with Gasteiger partial charge in [-0.15, -0.1) is 0 Å². The van der Waals surface area contributed by atoms with E-state index in [9.17, 15) is 9.18 Å². The summed E-state index contributed by atoms with van der Waals surface area (Å²) in [6.07, 6.45) is 0.550. The number of carbonyl (C=O) groups is 1. The van der Waals surface area contributed by atoms with E-state index in [-0.39, 0.29) is 19.0 Å². The first-order chi connectivity index (χ1) is 16.2. The lowest BCUT2D eigenvalue weighted by atomic mass is 9.87. The molecule has 0 aliphatic heterocycles. The van der Waals surface area contributed by atoms with Crippen molar-refractivity contribution in [2.45, 2.75) is 39.4 Å². The molecule has 0 aliphatic rings. The molecule has 6 heteroatoms. The van der Waals surface area contributed by atoms with E-state index in [2.05, 4.69) is 0 Å². The normalized spacial score (nSPS) is 11.2. The second-order valence-electron chi connectivity index (χ2n) is 8.66. The molecule has 0 aliphatic carbocycles. The summed E-state index contributed by atoms with van der Waals surface area (Å²) in [6.45, 7) is 6.00. The van der Waals surface area contributed by atoms with Crippen LogP contribution >= 0.6 is 0 Å². The molecule has 0 saturated heterocycles. The average Bonchev–Trinajstić information content (AvgIpc) is 2.83. The molecule has 0 amide bonds. The number of rotatable bonds is 10.